The molecule has 6 atom stereocenters. The number of rotatable bonds is 2. The first-order valence-electron chi connectivity index (χ1n) is 12.6. The number of hydrogen-bond donors (Lipinski definition) is 0. The van der Waals surface area contributed by atoms with Gasteiger partial charge in [-0.3, -0.25) is 4.79 Å². The molecule has 3 heteroatoms. The fraction of sp³-hybridized carbons (Fsp3) is 0.679. The maximum Gasteiger partial charge on any atom is 0.172 e. The number of ether oxygens (including phenoxy) is 2. The van der Waals surface area contributed by atoms with Crippen LogP contribution in [0, 0.1) is 29.1 Å². The molecule has 4 aliphatic carbocycles. The summed E-state index contributed by atoms with van der Waals surface area (Å²) in [5.74, 6) is 3.12. The number of ketones is 1. The molecular formula is C28H36O3. The molecule has 3 saturated carbocycles. The average molecular weight is 421 g/mol. The molecule has 1 aromatic carbocycles. The van der Waals surface area contributed by atoms with Crippen molar-refractivity contribution in [3.63, 3.8) is 0 Å². The van der Waals surface area contributed by atoms with Gasteiger partial charge in [0.2, 0.25) is 0 Å². The van der Waals surface area contributed by atoms with Gasteiger partial charge in [-0.1, -0.05) is 49.8 Å². The van der Waals surface area contributed by atoms with Crippen molar-refractivity contribution in [2.45, 2.75) is 76.9 Å². The molecule has 0 bridgehead atoms. The molecule has 0 radical (unpaired) electrons. The number of carbonyl (C=O) groups excluding carboxylic acids is 1. The van der Waals surface area contributed by atoms with Crippen molar-refractivity contribution in [1.29, 1.82) is 0 Å². The molecule has 166 valence electrons. The zero-order valence-corrected chi connectivity index (χ0v) is 19.1. The van der Waals surface area contributed by atoms with Gasteiger partial charge in [0.15, 0.2) is 5.79 Å². The van der Waals surface area contributed by atoms with Gasteiger partial charge in [0.05, 0.1) is 13.2 Å². The SMILES string of the molecule is CCc1ccc(C2C[C@]3(C)C(=O)CC[C@H]3[C@@H]3CC=C4CC5(CC[C@@H]4[C@@H]23)OCCO5)cc1. The Hall–Kier alpha value is -1.45. The molecule has 1 heterocycles. The average Bonchev–Trinajstić information content (AvgIpc) is 3.37. The largest absolute Gasteiger partial charge is 0.347 e. The van der Waals surface area contributed by atoms with Crippen LogP contribution in [0.4, 0.5) is 0 Å². The van der Waals surface area contributed by atoms with E-state index in [9.17, 15) is 4.79 Å². The van der Waals surface area contributed by atoms with Crippen LogP contribution in [0.1, 0.15) is 75.8 Å². The number of allylic oxidation sites excluding steroid dienone is 1. The normalized spacial score (nSPS) is 40.9. The predicted octanol–water partition coefficient (Wildman–Crippen LogP) is 5.83. The molecule has 1 unspecified atom stereocenters. The molecule has 4 fully saturated rings. The molecule has 1 aliphatic heterocycles. The molecule has 1 aromatic rings. The van der Waals surface area contributed by atoms with E-state index in [-0.39, 0.29) is 11.2 Å². The third-order valence-corrected chi connectivity index (χ3v) is 9.79. The topological polar surface area (TPSA) is 35.5 Å². The van der Waals surface area contributed by atoms with Gasteiger partial charge >= 0.3 is 0 Å². The fourth-order valence-corrected chi connectivity index (χ4v) is 8.24. The van der Waals surface area contributed by atoms with E-state index >= 15 is 0 Å². The van der Waals surface area contributed by atoms with Gasteiger partial charge in [-0.25, -0.2) is 0 Å². The highest BCUT2D eigenvalue weighted by atomic mass is 16.7. The molecule has 1 spiro atoms. The highest BCUT2D eigenvalue weighted by molar-refractivity contribution is 5.87. The van der Waals surface area contributed by atoms with E-state index in [1.807, 2.05) is 0 Å². The third-order valence-electron chi connectivity index (χ3n) is 9.79. The first-order valence-corrected chi connectivity index (χ1v) is 12.6. The van der Waals surface area contributed by atoms with Crippen LogP contribution in [0.5, 0.6) is 0 Å². The number of hydrogen-bond acceptors (Lipinski definition) is 3. The Kier molecular flexibility index (Phi) is 4.74. The highest BCUT2D eigenvalue weighted by Crippen LogP contribution is 2.64. The minimum Gasteiger partial charge on any atom is -0.347 e. The summed E-state index contributed by atoms with van der Waals surface area (Å²) in [5.41, 5.74) is 4.31. The standard InChI is InChI=1S/C28H36O3/c1-3-18-4-6-19(7-5-18)23-17-27(2)24(10-11-25(27)29)22-9-8-20-16-28(30-14-15-31-28)13-12-21(20)26(22)23/h4-8,21-24,26H,3,9-17H2,1-2H3/t21-,22-,23?,24-,26+,27-/m0/s1. The predicted molar refractivity (Wildman–Crippen MR) is 121 cm³/mol. The van der Waals surface area contributed by atoms with Gasteiger partial charge in [0, 0.05) is 24.7 Å². The first-order chi connectivity index (χ1) is 15.0. The lowest BCUT2D eigenvalue weighted by Gasteiger charge is -2.56. The summed E-state index contributed by atoms with van der Waals surface area (Å²) in [7, 11) is 0. The quantitative estimate of drug-likeness (QED) is 0.565. The van der Waals surface area contributed by atoms with Crippen LogP contribution in [-0.2, 0) is 20.7 Å². The lowest BCUT2D eigenvalue weighted by Crippen LogP contribution is -2.51. The van der Waals surface area contributed by atoms with Crippen LogP contribution in [-0.4, -0.2) is 24.8 Å². The third kappa shape index (κ3) is 3.03. The van der Waals surface area contributed by atoms with E-state index in [0.29, 0.717) is 35.4 Å². The number of Topliss-reactive ketones (excluding diaryl/α,β-unsaturated/α-hetero) is 1. The van der Waals surface area contributed by atoms with Crippen LogP contribution >= 0.6 is 0 Å². The monoisotopic (exact) mass is 420 g/mol. The summed E-state index contributed by atoms with van der Waals surface area (Å²) in [6.45, 7) is 5.99. The second-order valence-electron chi connectivity index (χ2n) is 11.1. The van der Waals surface area contributed by atoms with Gasteiger partial charge in [0.1, 0.15) is 5.78 Å². The molecule has 5 aliphatic rings. The van der Waals surface area contributed by atoms with Crippen molar-refractivity contribution in [2.75, 3.05) is 13.2 Å². The number of benzene rings is 1. The van der Waals surface area contributed by atoms with Crippen LogP contribution in [0.25, 0.3) is 0 Å². The smallest absolute Gasteiger partial charge is 0.172 e. The maximum atomic E-state index is 13.1. The van der Waals surface area contributed by atoms with Crippen LogP contribution in [0.15, 0.2) is 35.9 Å². The summed E-state index contributed by atoms with van der Waals surface area (Å²) >= 11 is 0. The van der Waals surface area contributed by atoms with E-state index in [0.717, 1.165) is 64.6 Å². The van der Waals surface area contributed by atoms with Crippen molar-refractivity contribution >= 4 is 5.78 Å². The minimum atomic E-state index is -0.347. The van der Waals surface area contributed by atoms with E-state index in [4.69, 9.17) is 9.47 Å². The first kappa shape index (κ1) is 20.2. The van der Waals surface area contributed by atoms with Crippen molar-refractivity contribution in [1.82, 2.24) is 0 Å². The number of fused-ring (bicyclic) bond motifs is 5. The maximum absolute atomic E-state index is 13.1. The van der Waals surface area contributed by atoms with Crippen molar-refractivity contribution < 1.29 is 14.3 Å². The summed E-state index contributed by atoms with van der Waals surface area (Å²) < 4.78 is 12.2. The molecule has 3 nitrogen and oxygen atoms in total. The molecule has 0 amide bonds. The molecule has 0 aromatic heterocycles. The van der Waals surface area contributed by atoms with E-state index in [1.54, 1.807) is 5.57 Å². The minimum absolute atomic E-state index is 0.131. The Morgan fingerprint density at radius 1 is 1.06 bits per heavy atom. The van der Waals surface area contributed by atoms with E-state index in [2.05, 4.69) is 44.2 Å². The van der Waals surface area contributed by atoms with Crippen molar-refractivity contribution in [3.8, 4) is 0 Å². The molecule has 0 N–H and O–H groups in total. The highest BCUT2D eigenvalue weighted by Gasteiger charge is 2.60. The van der Waals surface area contributed by atoms with Crippen molar-refractivity contribution in [2.24, 2.45) is 29.1 Å². The summed E-state index contributed by atoms with van der Waals surface area (Å²) in [4.78, 5) is 13.1. The second kappa shape index (κ2) is 7.28. The number of aryl methyl sites for hydroxylation is 1. The van der Waals surface area contributed by atoms with Gasteiger partial charge in [-0.15, -0.1) is 0 Å². The summed E-state index contributed by atoms with van der Waals surface area (Å²) in [6.07, 6.45) is 10.8. The van der Waals surface area contributed by atoms with Crippen LogP contribution in [0.3, 0.4) is 0 Å². The Morgan fingerprint density at radius 3 is 2.58 bits per heavy atom. The lowest BCUT2D eigenvalue weighted by atomic mass is 9.48. The number of carbonyl (C=O) groups is 1. The van der Waals surface area contributed by atoms with Crippen molar-refractivity contribution in [3.05, 3.63) is 47.0 Å². The summed E-state index contributed by atoms with van der Waals surface area (Å²) in [5, 5.41) is 0. The molecular weight excluding hydrogens is 384 g/mol. The Balaban J connectivity index is 1.39. The lowest BCUT2D eigenvalue weighted by molar-refractivity contribution is -0.176. The van der Waals surface area contributed by atoms with Gasteiger partial charge in [-0.05, 0) is 72.8 Å². The molecule has 31 heavy (non-hydrogen) atoms. The zero-order chi connectivity index (χ0) is 21.2. The Morgan fingerprint density at radius 2 is 1.84 bits per heavy atom. The van der Waals surface area contributed by atoms with Crippen LogP contribution < -0.4 is 0 Å². The fourth-order valence-electron chi connectivity index (χ4n) is 8.24. The molecule has 6 rings (SSSR count). The Labute approximate surface area is 186 Å². The second-order valence-corrected chi connectivity index (χ2v) is 11.1. The van der Waals surface area contributed by atoms with Crippen LogP contribution in [0.2, 0.25) is 0 Å². The van der Waals surface area contributed by atoms with E-state index < -0.39 is 0 Å². The Bertz CT molecular complexity index is 893. The van der Waals surface area contributed by atoms with Gasteiger partial charge in [0.25, 0.3) is 0 Å². The molecule has 1 saturated heterocycles. The van der Waals surface area contributed by atoms with E-state index in [1.165, 1.54) is 11.1 Å². The van der Waals surface area contributed by atoms with Gasteiger partial charge < -0.3 is 9.47 Å². The zero-order valence-electron chi connectivity index (χ0n) is 19.1. The summed E-state index contributed by atoms with van der Waals surface area (Å²) in [6, 6.07) is 9.36. The van der Waals surface area contributed by atoms with Gasteiger partial charge in [-0.2, -0.15) is 0 Å².